The fourth-order valence-electron chi connectivity index (χ4n) is 1.75. The zero-order valence-corrected chi connectivity index (χ0v) is 7.40. The molecule has 1 aromatic carbocycles. The van der Waals surface area contributed by atoms with E-state index in [4.69, 9.17) is 5.26 Å². The van der Waals surface area contributed by atoms with Gasteiger partial charge in [0.1, 0.15) is 0 Å². The van der Waals surface area contributed by atoms with E-state index in [1.807, 2.05) is 18.2 Å². The molecule has 1 unspecified atom stereocenters. The highest BCUT2D eigenvalue weighted by Gasteiger charge is 2.11. The number of nitriles is 1. The topological polar surface area (TPSA) is 23.8 Å². The van der Waals surface area contributed by atoms with Crippen LogP contribution in [0.5, 0.6) is 0 Å². The number of hydrogen-bond acceptors (Lipinski definition) is 1. The summed E-state index contributed by atoms with van der Waals surface area (Å²) in [5.74, 6) is 0.535. The monoisotopic (exact) mass is 169 g/mol. The van der Waals surface area contributed by atoms with Gasteiger partial charge in [-0.3, -0.25) is 0 Å². The number of hydrogen-bond donors (Lipinski definition) is 0. The molecule has 1 atom stereocenters. The van der Waals surface area contributed by atoms with E-state index in [1.54, 1.807) is 0 Å². The number of nitrogens with zero attached hydrogens (tertiary/aromatic N) is 1. The second-order valence-electron chi connectivity index (χ2n) is 3.35. The predicted octanol–water partition coefficient (Wildman–Crippen LogP) is 2.99. The summed E-state index contributed by atoms with van der Waals surface area (Å²) >= 11 is 0. The Balaban J connectivity index is 2.30. The Kier molecular flexibility index (Phi) is 2.14. The minimum atomic E-state index is 0.535. The largest absolute Gasteiger partial charge is 0.192 e. The van der Waals surface area contributed by atoms with Crippen molar-refractivity contribution in [1.29, 1.82) is 5.26 Å². The van der Waals surface area contributed by atoms with Crippen LogP contribution >= 0.6 is 0 Å². The van der Waals surface area contributed by atoms with E-state index in [-0.39, 0.29) is 0 Å². The standard InChI is InChI=1S/C12H11N/c13-9-10-4-3-7-12(8-10)11-5-1-2-6-11/h1,3-5,7-8,11H,2,6H2. The highest BCUT2D eigenvalue weighted by molar-refractivity contribution is 5.36. The van der Waals surface area contributed by atoms with Gasteiger partial charge in [0.05, 0.1) is 11.6 Å². The third-order valence-electron chi connectivity index (χ3n) is 2.46. The summed E-state index contributed by atoms with van der Waals surface area (Å²) in [5, 5.41) is 8.74. The maximum atomic E-state index is 8.74. The molecule has 0 aromatic heterocycles. The summed E-state index contributed by atoms with van der Waals surface area (Å²) in [4.78, 5) is 0. The minimum Gasteiger partial charge on any atom is -0.192 e. The predicted molar refractivity (Wildman–Crippen MR) is 52.3 cm³/mol. The van der Waals surface area contributed by atoms with Crippen molar-refractivity contribution in [3.05, 3.63) is 47.5 Å². The molecular formula is C12H11N. The quantitative estimate of drug-likeness (QED) is 0.593. The molecule has 1 nitrogen and oxygen atoms in total. The lowest BCUT2D eigenvalue weighted by Crippen LogP contribution is -1.90. The van der Waals surface area contributed by atoms with Gasteiger partial charge in [0.25, 0.3) is 0 Å². The highest BCUT2D eigenvalue weighted by Crippen LogP contribution is 2.28. The Labute approximate surface area is 78.3 Å². The van der Waals surface area contributed by atoms with E-state index in [0.29, 0.717) is 5.92 Å². The molecule has 0 spiro atoms. The summed E-state index contributed by atoms with van der Waals surface area (Å²) in [5.41, 5.74) is 2.03. The molecule has 0 bridgehead atoms. The van der Waals surface area contributed by atoms with Crippen molar-refractivity contribution in [2.24, 2.45) is 0 Å². The molecule has 1 aromatic rings. The molecule has 0 fully saturated rings. The lowest BCUT2D eigenvalue weighted by molar-refractivity contribution is 0.800. The first kappa shape index (κ1) is 8.07. The Morgan fingerprint density at radius 3 is 3.00 bits per heavy atom. The van der Waals surface area contributed by atoms with Gasteiger partial charge in [-0.2, -0.15) is 5.26 Å². The van der Waals surface area contributed by atoms with E-state index in [1.165, 1.54) is 18.4 Å². The van der Waals surface area contributed by atoms with E-state index < -0.39 is 0 Å². The fourth-order valence-corrected chi connectivity index (χ4v) is 1.75. The van der Waals surface area contributed by atoms with Crippen molar-refractivity contribution >= 4 is 0 Å². The second kappa shape index (κ2) is 3.45. The van der Waals surface area contributed by atoms with Gasteiger partial charge in [0.2, 0.25) is 0 Å². The van der Waals surface area contributed by atoms with Crippen LogP contribution in [-0.4, -0.2) is 0 Å². The molecule has 0 amide bonds. The molecular weight excluding hydrogens is 158 g/mol. The van der Waals surface area contributed by atoms with E-state index >= 15 is 0 Å². The van der Waals surface area contributed by atoms with Gasteiger partial charge in [-0.1, -0.05) is 24.3 Å². The van der Waals surface area contributed by atoms with Crippen LogP contribution in [0.15, 0.2) is 36.4 Å². The molecule has 1 aliphatic rings. The van der Waals surface area contributed by atoms with E-state index in [0.717, 1.165) is 5.56 Å². The average molecular weight is 169 g/mol. The fraction of sp³-hybridized carbons (Fsp3) is 0.250. The first-order chi connectivity index (χ1) is 6.40. The summed E-state index contributed by atoms with van der Waals surface area (Å²) in [7, 11) is 0. The van der Waals surface area contributed by atoms with Gasteiger partial charge in [0.15, 0.2) is 0 Å². The highest BCUT2D eigenvalue weighted by atomic mass is 14.2. The summed E-state index contributed by atoms with van der Waals surface area (Å²) in [6.45, 7) is 0. The van der Waals surface area contributed by atoms with E-state index in [9.17, 15) is 0 Å². The van der Waals surface area contributed by atoms with Crippen LogP contribution in [0.4, 0.5) is 0 Å². The Bertz CT molecular complexity index is 371. The second-order valence-corrected chi connectivity index (χ2v) is 3.35. The minimum absolute atomic E-state index is 0.535. The molecule has 0 saturated carbocycles. The van der Waals surface area contributed by atoms with Gasteiger partial charge in [-0.05, 0) is 30.5 Å². The van der Waals surface area contributed by atoms with Crippen molar-refractivity contribution in [2.75, 3.05) is 0 Å². The molecule has 64 valence electrons. The zero-order valence-electron chi connectivity index (χ0n) is 7.40. The van der Waals surface area contributed by atoms with Crippen LogP contribution in [0, 0.1) is 11.3 Å². The molecule has 0 aliphatic heterocycles. The maximum Gasteiger partial charge on any atom is 0.0991 e. The molecule has 2 rings (SSSR count). The maximum absolute atomic E-state index is 8.74. The van der Waals surface area contributed by atoms with Crippen LogP contribution in [0.3, 0.4) is 0 Å². The van der Waals surface area contributed by atoms with Crippen LogP contribution in [0.25, 0.3) is 0 Å². The number of benzene rings is 1. The number of rotatable bonds is 1. The lowest BCUT2D eigenvalue weighted by Gasteiger charge is -2.07. The Morgan fingerprint density at radius 1 is 1.38 bits per heavy atom. The number of allylic oxidation sites excluding steroid dienone is 2. The Hall–Kier alpha value is -1.55. The van der Waals surface area contributed by atoms with Gasteiger partial charge in [0, 0.05) is 5.92 Å². The zero-order chi connectivity index (χ0) is 9.10. The first-order valence-electron chi connectivity index (χ1n) is 4.57. The molecule has 13 heavy (non-hydrogen) atoms. The van der Waals surface area contributed by atoms with Crippen molar-refractivity contribution in [2.45, 2.75) is 18.8 Å². The molecule has 0 saturated heterocycles. The summed E-state index contributed by atoms with van der Waals surface area (Å²) in [6, 6.07) is 10.1. The summed E-state index contributed by atoms with van der Waals surface area (Å²) < 4.78 is 0. The van der Waals surface area contributed by atoms with Gasteiger partial charge in [-0.25, -0.2) is 0 Å². The van der Waals surface area contributed by atoms with Gasteiger partial charge in [-0.15, -0.1) is 0 Å². The third-order valence-corrected chi connectivity index (χ3v) is 2.46. The molecule has 0 N–H and O–H groups in total. The van der Waals surface area contributed by atoms with Crippen molar-refractivity contribution in [3.63, 3.8) is 0 Å². The van der Waals surface area contributed by atoms with E-state index in [2.05, 4.69) is 24.3 Å². The molecule has 0 heterocycles. The third kappa shape index (κ3) is 1.62. The smallest absolute Gasteiger partial charge is 0.0991 e. The Morgan fingerprint density at radius 2 is 2.31 bits per heavy atom. The van der Waals surface area contributed by atoms with Crippen LogP contribution in [0.1, 0.15) is 29.9 Å². The molecule has 1 aliphatic carbocycles. The van der Waals surface area contributed by atoms with Crippen molar-refractivity contribution < 1.29 is 0 Å². The van der Waals surface area contributed by atoms with Crippen LogP contribution in [0.2, 0.25) is 0 Å². The first-order valence-corrected chi connectivity index (χ1v) is 4.57. The van der Waals surface area contributed by atoms with Gasteiger partial charge >= 0.3 is 0 Å². The van der Waals surface area contributed by atoms with Crippen molar-refractivity contribution in [1.82, 2.24) is 0 Å². The summed E-state index contributed by atoms with van der Waals surface area (Å²) in [6.07, 6.45) is 6.80. The molecule has 0 radical (unpaired) electrons. The van der Waals surface area contributed by atoms with Gasteiger partial charge < -0.3 is 0 Å². The SMILES string of the molecule is N#Cc1cccc(C2C=CCC2)c1. The molecule has 1 heteroatoms. The van der Waals surface area contributed by atoms with Crippen LogP contribution in [-0.2, 0) is 0 Å². The normalized spacial score (nSPS) is 20.1. The lowest BCUT2D eigenvalue weighted by atomic mass is 9.97. The van der Waals surface area contributed by atoms with Crippen LogP contribution < -0.4 is 0 Å². The van der Waals surface area contributed by atoms with Crippen molar-refractivity contribution in [3.8, 4) is 6.07 Å². The average Bonchev–Trinajstić information content (AvgIpc) is 2.71.